The Kier molecular flexibility index (Phi) is 36.5. The number of benzene rings is 4. The molecule has 2 heteroatoms. The Hall–Kier alpha value is -3.52. The fourth-order valence-electron chi connectivity index (χ4n) is 3.49. The molecule has 0 saturated heterocycles. The van der Waals surface area contributed by atoms with Gasteiger partial charge in [0.05, 0.1) is 5.69 Å². The van der Waals surface area contributed by atoms with Crippen molar-refractivity contribution in [1.82, 2.24) is 0 Å². The molecule has 0 atom stereocenters. The second-order valence-electron chi connectivity index (χ2n) is 6.26. The molecule has 0 fully saturated rings. The fraction of sp³-hybridized carbons (Fsp3) is 0.400. The number of fused-ring (bicyclic) bond motifs is 3. The second-order valence-corrected chi connectivity index (χ2v) is 6.26. The van der Waals surface area contributed by atoms with Crippen molar-refractivity contribution in [2.75, 3.05) is 4.90 Å². The summed E-state index contributed by atoms with van der Waals surface area (Å²) in [5.41, 5.74) is 5.06. The maximum Gasteiger partial charge on any atom is 0.159 e. The number of rotatable bonds is 3. The molecule has 5 rings (SSSR count). The van der Waals surface area contributed by atoms with E-state index in [1.807, 2.05) is 135 Å². The van der Waals surface area contributed by atoms with Gasteiger partial charge in [0.2, 0.25) is 0 Å². The van der Waals surface area contributed by atoms with Crippen LogP contribution < -0.4 is 4.90 Å². The van der Waals surface area contributed by atoms with Crippen LogP contribution in [-0.4, -0.2) is 0 Å². The van der Waals surface area contributed by atoms with Crippen LogP contribution in [-0.2, 0) is 0 Å². The summed E-state index contributed by atoms with van der Waals surface area (Å²) in [5, 5.41) is 2.28. The lowest BCUT2D eigenvalue weighted by molar-refractivity contribution is 0.669. The Bertz CT molecular complexity index is 1140. The zero-order valence-corrected chi connectivity index (χ0v) is 30.2. The first-order chi connectivity index (χ1) is 20.9. The highest BCUT2D eigenvalue weighted by atomic mass is 16.3. The van der Waals surface area contributed by atoms with Gasteiger partial charge in [-0.15, -0.1) is 0 Å². The molecule has 1 heterocycles. The van der Waals surface area contributed by atoms with E-state index in [2.05, 4.69) is 83.8 Å². The molecule has 0 amide bonds. The summed E-state index contributed by atoms with van der Waals surface area (Å²) in [6.07, 6.45) is 0. The molecule has 4 aromatic carbocycles. The molecule has 0 aliphatic heterocycles. The topological polar surface area (TPSA) is 16.4 Å². The Balaban J connectivity index is -0.000000394. The number of anilines is 3. The summed E-state index contributed by atoms with van der Waals surface area (Å²) in [4.78, 5) is 2.24. The summed E-state index contributed by atoms with van der Waals surface area (Å²) in [7, 11) is 0. The van der Waals surface area contributed by atoms with Gasteiger partial charge in [0.15, 0.2) is 5.58 Å². The van der Waals surface area contributed by atoms with Crippen molar-refractivity contribution < 1.29 is 4.42 Å². The van der Waals surface area contributed by atoms with Crippen molar-refractivity contribution in [3.05, 3.63) is 103 Å². The Morgan fingerprint density at radius 2 is 0.714 bits per heavy atom. The van der Waals surface area contributed by atoms with E-state index >= 15 is 0 Å². The average molecular weight is 576 g/mol. The van der Waals surface area contributed by atoms with Gasteiger partial charge in [-0.1, -0.05) is 178 Å². The van der Waals surface area contributed by atoms with E-state index < -0.39 is 0 Å². The molecule has 2 nitrogen and oxygen atoms in total. The monoisotopic (exact) mass is 576 g/mol. The van der Waals surface area contributed by atoms with Crippen LogP contribution in [0.25, 0.3) is 21.9 Å². The normalized spacial score (nSPS) is 8.00. The highest BCUT2D eigenvalue weighted by Gasteiger charge is 2.18. The van der Waals surface area contributed by atoms with Gasteiger partial charge in [-0.05, 0) is 36.4 Å². The van der Waals surface area contributed by atoms with E-state index in [9.17, 15) is 0 Å². The third-order valence-corrected chi connectivity index (χ3v) is 4.65. The van der Waals surface area contributed by atoms with Gasteiger partial charge in [0.1, 0.15) is 5.58 Å². The van der Waals surface area contributed by atoms with Gasteiger partial charge in [-0.2, -0.15) is 0 Å². The first-order valence-electron chi connectivity index (χ1n) is 16.7. The standard InChI is InChI=1S/C24H17NO.8C2H6/c1-3-10-18(11-4-1)25(19-12-5-2-6-13-19)22-16-9-15-21-20-14-7-8-17-23(20)26-24(21)22;8*1-2/h1-17H;8*1-2H3. The van der Waals surface area contributed by atoms with Gasteiger partial charge in [-0.25, -0.2) is 0 Å². The minimum Gasteiger partial charge on any atom is -0.454 e. The predicted octanol–water partition coefficient (Wildman–Crippen LogP) is 15.3. The van der Waals surface area contributed by atoms with E-state index in [1.165, 1.54) is 0 Å². The van der Waals surface area contributed by atoms with Crippen molar-refractivity contribution in [2.45, 2.75) is 111 Å². The van der Waals surface area contributed by atoms with Gasteiger partial charge in [0, 0.05) is 22.1 Å². The molecule has 0 radical (unpaired) electrons. The lowest BCUT2D eigenvalue weighted by atomic mass is 10.1. The highest BCUT2D eigenvalue weighted by Crippen LogP contribution is 2.41. The fourth-order valence-corrected chi connectivity index (χ4v) is 3.49. The highest BCUT2D eigenvalue weighted by molar-refractivity contribution is 6.10. The summed E-state index contributed by atoms with van der Waals surface area (Å²) in [6.45, 7) is 32.0. The summed E-state index contributed by atoms with van der Waals surface area (Å²) in [6, 6.07) is 35.3. The Labute approximate surface area is 261 Å². The van der Waals surface area contributed by atoms with Crippen LogP contribution in [0.5, 0.6) is 0 Å². The second kappa shape index (κ2) is 33.7. The SMILES string of the molecule is CC.CC.CC.CC.CC.CC.CC.CC.c1ccc(N(c2ccccc2)c2cccc3c2oc2ccccc23)cc1. The van der Waals surface area contributed by atoms with E-state index in [1.54, 1.807) is 0 Å². The molecule has 1 aromatic heterocycles. The quantitative estimate of drug-likeness (QED) is 0.213. The van der Waals surface area contributed by atoms with Crippen LogP contribution in [0.3, 0.4) is 0 Å². The molecule has 0 unspecified atom stereocenters. The summed E-state index contributed by atoms with van der Waals surface area (Å²) < 4.78 is 6.27. The molecule has 0 spiro atoms. The van der Waals surface area contributed by atoms with Crippen molar-refractivity contribution >= 4 is 39.0 Å². The minimum atomic E-state index is 0.904. The van der Waals surface area contributed by atoms with E-state index in [-0.39, 0.29) is 0 Å². The number of hydrogen-bond acceptors (Lipinski definition) is 2. The van der Waals surface area contributed by atoms with Gasteiger partial charge < -0.3 is 9.32 Å². The zero-order chi connectivity index (χ0) is 33.3. The first kappa shape index (κ1) is 45.5. The van der Waals surface area contributed by atoms with E-state index in [0.29, 0.717) is 0 Å². The maximum absolute atomic E-state index is 6.27. The molecule has 0 aliphatic carbocycles. The smallest absolute Gasteiger partial charge is 0.159 e. The Morgan fingerprint density at radius 3 is 1.14 bits per heavy atom. The van der Waals surface area contributed by atoms with Crippen LogP contribution in [0.15, 0.2) is 108 Å². The molecule has 0 aliphatic rings. The number of nitrogens with zero attached hydrogens (tertiary/aromatic N) is 1. The van der Waals surface area contributed by atoms with Crippen LogP contribution >= 0.6 is 0 Å². The average Bonchev–Trinajstić information content (AvgIpc) is 3.53. The third kappa shape index (κ3) is 13.9. The lowest BCUT2D eigenvalue weighted by Gasteiger charge is -2.25. The number of hydrogen-bond donors (Lipinski definition) is 0. The van der Waals surface area contributed by atoms with Gasteiger partial charge >= 0.3 is 0 Å². The van der Waals surface area contributed by atoms with Crippen molar-refractivity contribution in [2.24, 2.45) is 0 Å². The van der Waals surface area contributed by atoms with Crippen molar-refractivity contribution in [3.63, 3.8) is 0 Å². The molecule has 42 heavy (non-hydrogen) atoms. The minimum absolute atomic E-state index is 0.904. The van der Waals surface area contributed by atoms with Crippen molar-refractivity contribution in [1.29, 1.82) is 0 Å². The van der Waals surface area contributed by atoms with Crippen molar-refractivity contribution in [3.8, 4) is 0 Å². The molecule has 0 bridgehead atoms. The van der Waals surface area contributed by atoms with E-state index in [0.717, 1.165) is 39.0 Å². The van der Waals surface area contributed by atoms with Crippen LogP contribution in [0.2, 0.25) is 0 Å². The van der Waals surface area contributed by atoms with E-state index in [4.69, 9.17) is 4.42 Å². The lowest BCUT2D eigenvalue weighted by Crippen LogP contribution is -2.09. The summed E-state index contributed by atoms with van der Waals surface area (Å²) >= 11 is 0. The Morgan fingerprint density at radius 1 is 0.357 bits per heavy atom. The predicted molar refractivity (Wildman–Crippen MR) is 199 cm³/mol. The third-order valence-electron chi connectivity index (χ3n) is 4.65. The molecule has 5 aromatic rings. The van der Waals surface area contributed by atoms with Gasteiger partial charge in [-0.3, -0.25) is 0 Å². The number of furan rings is 1. The van der Waals surface area contributed by atoms with Crippen LogP contribution in [0.4, 0.5) is 17.1 Å². The molecule has 236 valence electrons. The first-order valence-corrected chi connectivity index (χ1v) is 16.7. The maximum atomic E-state index is 6.27. The molecule has 0 N–H and O–H groups in total. The number of para-hydroxylation sites is 4. The molecular formula is C40H65NO. The zero-order valence-electron chi connectivity index (χ0n) is 30.2. The molecular weight excluding hydrogens is 510 g/mol. The summed E-state index contributed by atoms with van der Waals surface area (Å²) in [5.74, 6) is 0. The molecule has 0 saturated carbocycles. The van der Waals surface area contributed by atoms with Crippen LogP contribution in [0, 0.1) is 0 Å². The largest absolute Gasteiger partial charge is 0.454 e. The van der Waals surface area contributed by atoms with Crippen LogP contribution in [0.1, 0.15) is 111 Å². The van der Waals surface area contributed by atoms with Gasteiger partial charge in [0.25, 0.3) is 0 Å².